The third kappa shape index (κ3) is 5.68. The molecule has 216 valence electrons. The lowest BCUT2D eigenvalue weighted by atomic mass is 9.90. The molecule has 9 nitrogen and oxygen atoms in total. The van der Waals surface area contributed by atoms with E-state index in [9.17, 15) is 23.6 Å². The number of rotatable bonds is 6. The fraction of sp³-hybridized carbons (Fsp3) is 0.500. The Morgan fingerprint density at radius 1 is 0.976 bits per heavy atom. The maximum Gasteiger partial charge on any atom is 0.333 e. The Hall–Kier alpha value is -3.47. The van der Waals surface area contributed by atoms with Crippen molar-refractivity contribution in [2.75, 3.05) is 18.1 Å². The topological polar surface area (TPSA) is 106 Å². The van der Waals surface area contributed by atoms with Gasteiger partial charge < -0.3 is 10.2 Å². The number of nitrogens with one attached hydrogen (secondary N) is 1. The van der Waals surface area contributed by atoms with Gasteiger partial charge >= 0.3 is 5.69 Å². The number of nitrogens with zero attached hydrogens (tertiary/aromatic N) is 4. The second-order valence-corrected chi connectivity index (χ2v) is 12.6. The Labute approximate surface area is 241 Å². The van der Waals surface area contributed by atoms with Gasteiger partial charge in [-0.05, 0) is 61.7 Å². The van der Waals surface area contributed by atoms with Crippen LogP contribution in [-0.2, 0) is 16.1 Å². The first-order chi connectivity index (χ1) is 19.9. The van der Waals surface area contributed by atoms with Crippen molar-refractivity contribution in [3.63, 3.8) is 0 Å². The fourth-order valence-electron chi connectivity index (χ4n) is 6.50. The number of carbonyl (C=O) groups excluding carboxylic acids is 2. The van der Waals surface area contributed by atoms with Crippen LogP contribution >= 0.6 is 11.8 Å². The molecule has 3 fully saturated rings. The predicted octanol–water partition coefficient (Wildman–Crippen LogP) is 3.41. The van der Waals surface area contributed by atoms with Crippen molar-refractivity contribution in [3.05, 3.63) is 74.8 Å². The predicted molar refractivity (Wildman–Crippen MR) is 155 cm³/mol. The fourth-order valence-corrected chi connectivity index (χ4v) is 7.58. The zero-order valence-electron chi connectivity index (χ0n) is 22.8. The number of fused-ring (bicyclic) bond motifs is 1. The molecule has 4 heterocycles. The van der Waals surface area contributed by atoms with Crippen LogP contribution in [0.1, 0.15) is 62.6 Å². The van der Waals surface area contributed by atoms with Crippen molar-refractivity contribution in [2.45, 2.75) is 69.6 Å². The largest absolute Gasteiger partial charge is 0.353 e. The Kier molecular flexibility index (Phi) is 7.96. The minimum Gasteiger partial charge on any atom is -0.353 e. The second kappa shape index (κ2) is 11.8. The number of thioether (sulfide) groups is 1. The van der Waals surface area contributed by atoms with E-state index >= 15 is 0 Å². The molecule has 2 amide bonds. The van der Waals surface area contributed by atoms with E-state index in [-0.39, 0.29) is 53.1 Å². The molecule has 3 aliphatic rings. The van der Waals surface area contributed by atoms with E-state index in [1.807, 2.05) is 42.1 Å². The zero-order chi connectivity index (χ0) is 28.5. The molecule has 0 spiro atoms. The Bertz CT molecular complexity index is 1560. The first-order valence-corrected chi connectivity index (χ1v) is 15.6. The highest BCUT2D eigenvalue weighted by atomic mass is 32.2. The lowest BCUT2D eigenvalue weighted by molar-refractivity contribution is -0.129. The normalized spacial score (nSPS) is 23.7. The molecule has 11 heteroatoms. The molecular weight excluding hydrogens is 545 g/mol. The molecule has 1 aromatic carbocycles. The van der Waals surface area contributed by atoms with Gasteiger partial charge in [0.1, 0.15) is 11.5 Å². The van der Waals surface area contributed by atoms with Crippen LogP contribution in [0, 0.1) is 11.7 Å². The number of hydrogen-bond donors (Lipinski definition) is 1. The molecule has 1 N–H and O–H groups in total. The van der Waals surface area contributed by atoms with Crippen molar-refractivity contribution >= 4 is 34.6 Å². The average molecular weight is 580 g/mol. The third-order valence-electron chi connectivity index (χ3n) is 8.69. The molecule has 1 saturated carbocycles. The molecule has 6 rings (SSSR count). The summed E-state index contributed by atoms with van der Waals surface area (Å²) in [4.78, 5) is 58.8. The van der Waals surface area contributed by atoms with Crippen molar-refractivity contribution in [3.8, 4) is 0 Å². The molecule has 0 bridgehead atoms. The van der Waals surface area contributed by atoms with Gasteiger partial charge in [0.25, 0.3) is 5.56 Å². The molecule has 1 aliphatic carbocycles. The van der Waals surface area contributed by atoms with Gasteiger partial charge in [0.05, 0.1) is 17.5 Å². The summed E-state index contributed by atoms with van der Waals surface area (Å²) in [7, 11) is 0. The quantitative estimate of drug-likeness (QED) is 0.480. The number of hydrogen-bond acceptors (Lipinski definition) is 6. The summed E-state index contributed by atoms with van der Waals surface area (Å²) in [5.41, 5.74) is 0.398. The Morgan fingerprint density at radius 2 is 1.68 bits per heavy atom. The molecule has 0 radical (unpaired) electrons. The van der Waals surface area contributed by atoms with E-state index in [4.69, 9.17) is 0 Å². The van der Waals surface area contributed by atoms with Crippen molar-refractivity contribution in [1.82, 2.24) is 24.3 Å². The molecular formula is C30H34FN5O4S. The number of carbonyl (C=O) groups is 2. The highest BCUT2D eigenvalue weighted by molar-refractivity contribution is 7.99. The average Bonchev–Trinajstić information content (AvgIpc) is 3.35. The highest BCUT2D eigenvalue weighted by Crippen LogP contribution is 2.30. The van der Waals surface area contributed by atoms with Crippen molar-refractivity contribution in [2.24, 2.45) is 5.92 Å². The van der Waals surface area contributed by atoms with Gasteiger partial charge in [0, 0.05) is 37.6 Å². The monoisotopic (exact) mass is 579 g/mol. The molecule has 2 saturated heterocycles. The van der Waals surface area contributed by atoms with Crippen LogP contribution in [0.3, 0.4) is 0 Å². The lowest BCUT2D eigenvalue weighted by Crippen LogP contribution is -2.47. The SMILES string of the molecule is O=C(N[C@H]1CC[C@@H](n2c(=O)c3cc(F)cnc3n(C3CCSCC3)c2=O)CC1)C1CC(=O)N(Cc2ccccc2)C1. The van der Waals surface area contributed by atoms with E-state index in [2.05, 4.69) is 10.3 Å². The number of aromatic nitrogens is 3. The summed E-state index contributed by atoms with van der Waals surface area (Å²) in [5.74, 6) is 0.687. The van der Waals surface area contributed by atoms with E-state index in [1.54, 1.807) is 9.47 Å². The molecule has 1 atom stereocenters. The highest BCUT2D eigenvalue weighted by Gasteiger charge is 2.36. The van der Waals surface area contributed by atoms with Gasteiger partial charge in [0.15, 0.2) is 0 Å². The van der Waals surface area contributed by atoms with E-state index < -0.39 is 17.3 Å². The molecule has 1 unspecified atom stereocenters. The second-order valence-electron chi connectivity index (χ2n) is 11.4. The van der Waals surface area contributed by atoms with E-state index in [0.717, 1.165) is 36.1 Å². The van der Waals surface area contributed by atoms with E-state index in [0.29, 0.717) is 38.8 Å². The number of pyridine rings is 1. The first kappa shape index (κ1) is 27.7. The van der Waals surface area contributed by atoms with Crippen LogP contribution in [-0.4, -0.2) is 54.9 Å². The number of benzene rings is 1. The van der Waals surface area contributed by atoms with Gasteiger partial charge in [-0.2, -0.15) is 11.8 Å². The zero-order valence-corrected chi connectivity index (χ0v) is 23.7. The summed E-state index contributed by atoms with van der Waals surface area (Å²) >= 11 is 1.84. The Morgan fingerprint density at radius 3 is 2.41 bits per heavy atom. The van der Waals surface area contributed by atoms with Gasteiger partial charge in [-0.15, -0.1) is 0 Å². The number of halogens is 1. The maximum atomic E-state index is 14.2. The molecule has 2 aliphatic heterocycles. The summed E-state index contributed by atoms with van der Waals surface area (Å²) in [6.45, 7) is 0.886. The molecule has 41 heavy (non-hydrogen) atoms. The molecule has 3 aromatic rings. The van der Waals surface area contributed by atoms with Gasteiger partial charge in [-0.1, -0.05) is 30.3 Å². The Balaban J connectivity index is 1.14. The standard InChI is InChI=1S/C30H34FN5O4S/c31-21-15-25-27(32-16-21)35(24-10-12-41-13-11-24)30(40)36(29(25)39)23-8-6-22(7-9-23)33-28(38)20-14-26(37)34(18-20)17-19-4-2-1-3-5-19/h1-5,15-16,20,22-24H,6-14,17-18H2,(H,33,38)/t20?,22-,23+. The van der Waals surface area contributed by atoms with Gasteiger partial charge in [-0.3, -0.25) is 23.5 Å². The minimum atomic E-state index is -0.607. The van der Waals surface area contributed by atoms with Crippen molar-refractivity contribution < 1.29 is 14.0 Å². The third-order valence-corrected chi connectivity index (χ3v) is 9.74. The minimum absolute atomic E-state index is 0.0212. The van der Waals surface area contributed by atoms with Crippen LogP contribution in [0.25, 0.3) is 11.0 Å². The summed E-state index contributed by atoms with van der Waals surface area (Å²) in [6, 6.07) is 10.4. The number of likely N-dealkylation sites (tertiary alicyclic amines) is 1. The van der Waals surface area contributed by atoms with Gasteiger partial charge in [0.2, 0.25) is 11.8 Å². The first-order valence-electron chi connectivity index (χ1n) is 14.4. The van der Waals surface area contributed by atoms with Gasteiger partial charge in [-0.25, -0.2) is 14.2 Å². The van der Waals surface area contributed by atoms with Crippen LogP contribution in [0.5, 0.6) is 0 Å². The lowest BCUT2D eigenvalue weighted by Gasteiger charge is -2.32. The smallest absolute Gasteiger partial charge is 0.333 e. The van der Waals surface area contributed by atoms with Crippen LogP contribution in [0.4, 0.5) is 4.39 Å². The summed E-state index contributed by atoms with van der Waals surface area (Å²) < 4.78 is 17.1. The van der Waals surface area contributed by atoms with Crippen LogP contribution < -0.4 is 16.6 Å². The number of amides is 2. The van der Waals surface area contributed by atoms with Crippen LogP contribution in [0.15, 0.2) is 52.2 Å². The van der Waals surface area contributed by atoms with Crippen molar-refractivity contribution in [1.29, 1.82) is 0 Å². The summed E-state index contributed by atoms with van der Waals surface area (Å²) in [5, 5.41) is 3.25. The van der Waals surface area contributed by atoms with E-state index in [1.165, 1.54) is 10.6 Å². The van der Waals surface area contributed by atoms with Crippen LogP contribution in [0.2, 0.25) is 0 Å². The summed E-state index contributed by atoms with van der Waals surface area (Å²) in [6.07, 6.45) is 5.14. The molecule has 2 aromatic heterocycles. The maximum absolute atomic E-state index is 14.2.